The molecule has 3 aromatic rings. The Labute approximate surface area is 178 Å². The van der Waals surface area contributed by atoms with E-state index in [9.17, 15) is 9.59 Å². The molecule has 0 N–H and O–H groups in total. The molecule has 0 bridgehead atoms. The minimum Gasteiger partial charge on any atom is -0.466 e. The second-order valence-corrected chi connectivity index (χ2v) is 8.41. The largest absolute Gasteiger partial charge is 0.466 e. The zero-order chi connectivity index (χ0) is 21.4. The number of nitrogens with zero attached hydrogens (tertiary/aromatic N) is 2. The van der Waals surface area contributed by atoms with E-state index in [0.29, 0.717) is 20.6 Å². The van der Waals surface area contributed by atoms with Gasteiger partial charge in [-0.25, -0.2) is 9.79 Å². The number of hydrogen-bond acceptors (Lipinski definition) is 5. The molecular weight excluding hydrogens is 396 g/mol. The molecule has 0 spiro atoms. The third-order valence-corrected chi connectivity index (χ3v) is 6.14. The van der Waals surface area contributed by atoms with Gasteiger partial charge in [-0.05, 0) is 38.0 Å². The maximum Gasteiger partial charge on any atom is 0.338 e. The molecule has 1 atom stereocenters. The summed E-state index contributed by atoms with van der Waals surface area (Å²) >= 11 is 1.33. The van der Waals surface area contributed by atoms with Crippen molar-refractivity contribution in [2.45, 2.75) is 26.8 Å². The number of methoxy groups -OCH3 is 1. The molecule has 1 unspecified atom stereocenters. The molecule has 0 aliphatic carbocycles. The zero-order valence-corrected chi connectivity index (χ0v) is 18.1. The standard InChI is InChI=1S/C24H22N2O3S/c1-14-8-10-17(11-9-14)13-19-22(27)26-21(18-7-5-6-15(2)12-18)20(23(28)29-4)16(3)25-24(26)30-19/h5-13,21H,1-4H3/b19-13-. The number of ether oxygens (including phenoxy) is 1. The summed E-state index contributed by atoms with van der Waals surface area (Å²) in [5, 5.41) is 0. The number of carbonyl (C=O) groups excluding carboxylic acids is 1. The lowest BCUT2D eigenvalue weighted by Crippen LogP contribution is -2.39. The van der Waals surface area contributed by atoms with Crippen molar-refractivity contribution in [3.63, 3.8) is 0 Å². The van der Waals surface area contributed by atoms with Gasteiger partial charge in [0.25, 0.3) is 5.56 Å². The Hall–Kier alpha value is -3.25. The van der Waals surface area contributed by atoms with E-state index in [0.717, 1.165) is 22.3 Å². The number of aromatic nitrogens is 1. The van der Waals surface area contributed by atoms with Crippen LogP contribution in [0.25, 0.3) is 6.08 Å². The number of benzene rings is 2. The van der Waals surface area contributed by atoms with Crippen molar-refractivity contribution in [2.24, 2.45) is 4.99 Å². The second kappa shape index (κ2) is 7.88. The van der Waals surface area contributed by atoms with E-state index in [1.165, 1.54) is 18.4 Å². The molecule has 1 aliphatic rings. The molecule has 5 nitrogen and oxygen atoms in total. The summed E-state index contributed by atoms with van der Waals surface area (Å²) in [6, 6.07) is 15.2. The highest BCUT2D eigenvalue weighted by atomic mass is 32.1. The molecule has 1 aromatic heterocycles. The van der Waals surface area contributed by atoms with Gasteiger partial charge in [0, 0.05) is 0 Å². The molecule has 0 saturated heterocycles. The van der Waals surface area contributed by atoms with Gasteiger partial charge in [-0.3, -0.25) is 9.36 Å². The molecule has 1 aliphatic heterocycles. The predicted octanol–water partition coefficient (Wildman–Crippen LogP) is 3.03. The lowest BCUT2D eigenvalue weighted by molar-refractivity contribution is -0.136. The van der Waals surface area contributed by atoms with Crippen molar-refractivity contribution in [3.8, 4) is 0 Å². The van der Waals surface area contributed by atoms with Crippen LogP contribution in [0.15, 0.2) is 69.6 Å². The number of carbonyl (C=O) groups is 1. The Morgan fingerprint density at radius 3 is 2.50 bits per heavy atom. The maximum absolute atomic E-state index is 13.4. The van der Waals surface area contributed by atoms with Gasteiger partial charge >= 0.3 is 5.97 Å². The number of fused-ring (bicyclic) bond motifs is 1. The first-order chi connectivity index (χ1) is 14.4. The average molecular weight is 419 g/mol. The van der Waals surface area contributed by atoms with Crippen LogP contribution in [0, 0.1) is 13.8 Å². The first-order valence-electron chi connectivity index (χ1n) is 9.63. The number of hydrogen-bond donors (Lipinski definition) is 0. The molecule has 0 amide bonds. The third-order valence-electron chi connectivity index (χ3n) is 5.16. The van der Waals surface area contributed by atoms with Crippen LogP contribution in [0.3, 0.4) is 0 Å². The minimum absolute atomic E-state index is 0.167. The number of allylic oxidation sites excluding steroid dienone is 1. The Balaban J connectivity index is 1.98. The fourth-order valence-electron chi connectivity index (χ4n) is 3.66. The van der Waals surface area contributed by atoms with Crippen LogP contribution in [-0.2, 0) is 9.53 Å². The third kappa shape index (κ3) is 3.55. The summed E-state index contributed by atoms with van der Waals surface area (Å²) < 4.78 is 7.22. The van der Waals surface area contributed by atoms with Gasteiger partial charge in [0.05, 0.1) is 29.0 Å². The number of rotatable bonds is 3. The van der Waals surface area contributed by atoms with Gasteiger partial charge < -0.3 is 4.74 Å². The maximum atomic E-state index is 13.4. The number of thiazole rings is 1. The summed E-state index contributed by atoms with van der Waals surface area (Å²) in [5.74, 6) is -0.476. The summed E-state index contributed by atoms with van der Waals surface area (Å²) in [4.78, 5) is 31.2. The smallest absolute Gasteiger partial charge is 0.338 e. The van der Waals surface area contributed by atoms with Crippen LogP contribution in [0.2, 0.25) is 0 Å². The Morgan fingerprint density at radius 2 is 1.83 bits per heavy atom. The van der Waals surface area contributed by atoms with Gasteiger partial charge in [0.2, 0.25) is 0 Å². The van der Waals surface area contributed by atoms with E-state index in [1.54, 1.807) is 11.5 Å². The fourth-order valence-corrected chi connectivity index (χ4v) is 4.71. The molecule has 0 saturated carbocycles. The van der Waals surface area contributed by atoms with Gasteiger partial charge in [-0.1, -0.05) is 71.0 Å². The first-order valence-corrected chi connectivity index (χ1v) is 10.4. The van der Waals surface area contributed by atoms with Crippen LogP contribution >= 0.6 is 11.3 Å². The van der Waals surface area contributed by atoms with E-state index >= 15 is 0 Å². The van der Waals surface area contributed by atoms with Gasteiger partial charge in [-0.15, -0.1) is 0 Å². The van der Waals surface area contributed by atoms with Crippen LogP contribution in [-0.4, -0.2) is 17.6 Å². The number of esters is 1. The lowest BCUT2D eigenvalue weighted by Gasteiger charge is -2.24. The monoisotopic (exact) mass is 418 g/mol. The fraction of sp³-hybridized carbons (Fsp3) is 0.208. The highest BCUT2D eigenvalue weighted by molar-refractivity contribution is 7.07. The van der Waals surface area contributed by atoms with E-state index in [1.807, 2.05) is 68.5 Å². The van der Waals surface area contributed by atoms with Crippen molar-refractivity contribution in [2.75, 3.05) is 7.11 Å². The Morgan fingerprint density at radius 1 is 1.10 bits per heavy atom. The predicted molar refractivity (Wildman–Crippen MR) is 118 cm³/mol. The second-order valence-electron chi connectivity index (χ2n) is 7.40. The van der Waals surface area contributed by atoms with Crippen LogP contribution in [0.4, 0.5) is 0 Å². The van der Waals surface area contributed by atoms with Crippen molar-refractivity contribution in [3.05, 3.63) is 102 Å². The van der Waals surface area contributed by atoms with Gasteiger partial charge in [0.1, 0.15) is 0 Å². The molecule has 2 aromatic carbocycles. The van der Waals surface area contributed by atoms with Gasteiger partial charge in [-0.2, -0.15) is 0 Å². The summed E-state index contributed by atoms with van der Waals surface area (Å²) in [7, 11) is 1.35. The van der Waals surface area contributed by atoms with E-state index in [2.05, 4.69) is 4.99 Å². The van der Waals surface area contributed by atoms with Crippen molar-refractivity contribution in [1.82, 2.24) is 4.57 Å². The molecule has 6 heteroatoms. The van der Waals surface area contributed by atoms with Crippen LogP contribution < -0.4 is 14.9 Å². The zero-order valence-electron chi connectivity index (χ0n) is 17.3. The number of aryl methyl sites for hydroxylation is 2. The van der Waals surface area contributed by atoms with E-state index in [-0.39, 0.29) is 5.56 Å². The highest BCUT2D eigenvalue weighted by Crippen LogP contribution is 2.30. The molecular formula is C24H22N2O3S. The molecule has 4 rings (SSSR count). The topological polar surface area (TPSA) is 60.7 Å². The molecule has 0 fully saturated rings. The normalized spacial score (nSPS) is 16.3. The molecule has 30 heavy (non-hydrogen) atoms. The highest BCUT2D eigenvalue weighted by Gasteiger charge is 2.33. The van der Waals surface area contributed by atoms with Crippen molar-refractivity contribution < 1.29 is 9.53 Å². The van der Waals surface area contributed by atoms with Gasteiger partial charge in [0.15, 0.2) is 4.80 Å². The van der Waals surface area contributed by atoms with E-state index < -0.39 is 12.0 Å². The summed E-state index contributed by atoms with van der Waals surface area (Å²) in [5.41, 5.74) is 4.79. The Kier molecular flexibility index (Phi) is 5.26. The summed E-state index contributed by atoms with van der Waals surface area (Å²) in [6.45, 7) is 5.79. The summed E-state index contributed by atoms with van der Waals surface area (Å²) in [6.07, 6.45) is 1.87. The van der Waals surface area contributed by atoms with Crippen LogP contribution in [0.5, 0.6) is 0 Å². The SMILES string of the molecule is COC(=O)C1=C(C)N=c2s/c(=C\c3ccc(C)cc3)c(=O)n2C1c1cccc(C)c1. The minimum atomic E-state index is -0.575. The van der Waals surface area contributed by atoms with Crippen molar-refractivity contribution in [1.29, 1.82) is 0 Å². The lowest BCUT2D eigenvalue weighted by atomic mass is 9.95. The first kappa shape index (κ1) is 20.0. The van der Waals surface area contributed by atoms with Crippen molar-refractivity contribution >= 4 is 23.4 Å². The molecule has 2 heterocycles. The average Bonchev–Trinajstić information content (AvgIpc) is 3.03. The van der Waals surface area contributed by atoms with Crippen LogP contribution in [0.1, 0.15) is 35.2 Å². The molecule has 152 valence electrons. The molecule has 0 radical (unpaired) electrons. The van der Waals surface area contributed by atoms with E-state index in [4.69, 9.17) is 4.74 Å². The Bertz CT molecular complexity index is 1340. The quantitative estimate of drug-likeness (QED) is 0.615.